The van der Waals surface area contributed by atoms with Gasteiger partial charge in [-0.15, -0.1) is 0 Å². The second kappa shape index (κ2) is 4.23. The molecule has 0 aliphatic carbocycles. The van der Waals surface area contributed by atoms with E-state index in [1.165, 1.54) is 4.68 Å². The number of para-hydroxylation sites is 1. The summed E-state index contributed by atoms with van der Waals surface area (Å²) in [6.45, 7) is 3.44. The summed E-state index contributed by atoms with van der Waals surface area (Å²) in [4.78, 5) is 12.3. The molecule has 0 saturated carbocycles. The third-order valence-corrected chi connectivity index (χ3v) is 3.41. The normalized spacial score (nSPS) is 11.2. The van der Waals surface area contributed by atoms with E-state index < -0.39 is 0 Å². The monoisotopic (exact) mass is 270 g/mol. The van der Waals surface area contributed by atoms with Crippen LogP contribution >= 0.6 is 0 Å². The molecule has 20 heavy (non-hydrogen) atoms. The quantitative estimate of drug-likeness (QED) is 0.737. The SMILES string of the molecule is Cc1nn(C)c(=O)c(-c2c(C)oc3ccccc23)c1O. The first-order valence-corrected chi connectivity index (χ1v) is 6.26. The number of benzene rings is 1. The van der Waals surface area contributed by atoms with Gasteiger partial charge in [-0.3, -0.25) is 4.79 Å². The summed E-state index contributed by atoms with van der Waals surface area (Å²) in [6.07, 6.45) is 0. The Morgan fingerprint density at radius 2 is 1.90 bits per heavy atom. The summed E-state index contributed by atoms with van der Waals surface area (Å²) >= 11 is 0. The van der Waals surface area contributed by atoms with Crippen LogP contribution in [0.25, 0.3) is 22.1 Å². The standard InChI is InChI=1S/C15H14N2O3/c1-8-14(18)13(15(19)17(3)16-8)12-9(2)20-11-7-5-4-6-10(11)12/h4-7,18H,1-3H3. The number of rotatable bonds is 1. The van der Waals surface area contributed by atoms with Crippen molar-refractivity contribution in [3.05, 3.63) is 46.1 Å². The van der Waals surface area contributed by atoms with Gasteiger partial charge in [-0.2, -0.15) is 5.10 Å². The van der Waals surface area contributed by atoms with Crippen LogP contribution in [0.2, 0.25) is 0 Å². The Morgan fingerprint density at radius 3 is 2.65 bits per heavy atom. The molecule has 0 radical (unpaired) electrons. The van der Waals surface area contributed by atoms with E-state index in [4.69, 9.17) is 4.42 Å². The Labute approximate surface area is 115 Å². The van der Waals surface area contributed by atoms with E-state index in [1.54, 1.807) is 20.9 Å². The lowest BCUT2D eigenvalue weighted by molar-refractivity contribution is 0.460. The van der Waals surface area contributed by atoms with E-state index >= 15 is 0 Å². The van der Waals surface area contributed by atoms with Gasteiger partial charge in [-0.05, 0) is 19.9 Å². The Hall–Kier alpha value is -2.56. The Bertz CT molecular complexity index is 875. The van der Waals surface area contributed by atoms with E-state index in [2.05, 4.69) is 5.10 Å². The topological polar surface area (TPSA) is 68.3 Å². The van der Waals surface area contributed by atoms with Gasteiger partial charge in [0, 0.05) is 18.0 Å². The van der Waals surface area contributed by atoms with Crippen molar-refractivity contribution in [3.8, 4) is 16.9 Å². The first-order valence-electron chi connectivity index (χ1n) is 6.26. The van der Waals surface area contributed by atoms with Crippen molar-refractivity contribution in [3.63, 3.8) is 0 Å². The van der Waals surface area contributed by atoms with Gasteiger partial charge in [0.15, 0.2) is 5.75 Å². The smallest absolute Gasteiger partial charge is 0.278 e. The van der Waals surface area contributed by atoms with Gasteiger partial charge >= 0.3 is 0 Å². The zero-order valence-electron chi connectivity index (χ0n) is 11.5. The fourth-order valence-electron chi connectivity index (χ4n) is 2.47. The first-order chi connectivity index (χ1) is 9.50. The fraction of sp³-hybridized carbons (Fsp3) is 0.200. The van der Waals surface area contributed by atoms with Crippen LogP contribution in [0.4, 0.5) is 0 Å². The third kappa shape index (κ3) is 1.63. The van der Waals surface area contributed by atoms with Crippen molar-refractivity contribution < 1.29 is 9.52 Å². The van der Waals surface area contributed by atoms with Crippen LogP contribution in [0.1, 0.15) is 11.5 Å². The maximum atomic E-state index is 12.3. The van der Waals surface area contributed by atoms with Crippen LogP contribution < -0.4 is 5.56 Å². The van der Waals surface area contributed by atoms with Crippen molar-refractivity contribution in [2.24, 2.45) is 7.05 Å². The summed E-state index contributed by atoms with van der Waals surface area (Å²) in [6, 6.07) is 7.44. The molecule has 2 aromatic heterocycles. The van der Waals surface area contributed by atoms with Crippen molar-refractivity contribution in [2.45, 2.75) is 13.8 Å². The van der Waals surface area contributed by atoms with Gasteiger partial charge in [0.1, 0.15) is 17.0 Å². The fourth-order valence-corrected chi connectivity index (χ4v) is 2.47. The maximum absolute atomic E-state index is 12.3. The zero-order chi connectivity index (χ0) is 14.4. The molecular weight excluding hydrogens is 256 g/mol. The summed E-state index contributed by atoms with van der Waals surface area (Å²) in [5.41, 5.74) is 1.62. The molecule has 0 aliphatic rings. The van der Waals surface area contributed by atoms with Crippen molar-refractivity contribution >= 4 is 11.0 Å². The van der Waals surface area contributed by atoms with Gasteiger partial charge in [0.25, 0.3) is 5.56 Å². The predicted octanol–water partition coefficient (Wildman–Crippen LogP) is 2.52. The van der Waals surface area contributed by atoms with Crippen LogP contribution in [0.5, 0.6) is 5.75 Å². The largest absolute Gasteiger partial charge is 0.505 e. The van der Waals surface area contributed by atoms with Crippen LogP contribution in [0.15, 0.2) is 33.5 Å². The maximum Gasteiger partial charge on any atom is 0.278 e. The summed E-state index contributed by atoms with van der Waals surface area (Å²) in [5.74, 6) is 0.506. The molecule has 102 valence electrons. The molecule has 0 saturated heterocycles. The van der Waals surface area contributed by atoms with E-state index in [-0.39, 0.29) is 16.9 Å². The molecule has 0 amide bonds. The third-order valence-electron chi connectivity index (χ3n) is 3.41. The molecule has 5 nitrogen and oxygen atoms in total. The number of aromatic nitrogens is 2. The molecule has 0 bridgehead atoms. The van der Waals surface area contributed by atoms with Crippen molar-refractivity contribution in [1.29, 1.82) is 0 Å². The molecule has 1 N–H and O–H groups in total. The summed E-state index contributed by atoms with van der Waals surface area (Å²) in [5, 5.41) is 15.0. The molecule has 0 spiro atoms. The summed E-state index contributed by atoms with van der Waals surface area (Å²) < 4.78 is 6.89. The van der Waals surface area contributed by atoms with E-state index in [0.717, 1.165) is 5.39 Å². The van der Waals surface area contributed by atoms with Crippen LogP contribution in [0.3, 0.4) is 0 Å². The molecular formula is C15H14N2O3. The average Bonchev–Trinajstić information content (AvgIpc) is 2.74. The highest BCUT2D eigenvalue weighted by molar-refractivity contribution is 5.97. The minimum absolute atomic E-state index is 0.0947. The number of hydrogen-bond acceptors (Lipinski definition) is 4. The molecule has 3 aromatic rings. The van der Waals surface area contributed by atoms with E-state index in [1.807, 2.05) is 24.3 Å². The van der Waals surface area contributed by atoms with Gasteiger partial charge in [-0.1, -0.05) is 18.2 Å². The summed E-state index contributed by atoms with van der Waals surface area (Å²) in [7, 11) is 1.57. The molecule has 0 fully saturated rings. The minimum Gasteiger partial charge on any atom is -0.505 e. The second-order valence-corrected chi connectivity index (χ2v) is 4.77. The highest BCUT2D eigenvalue weighted by Crippen LogP contribution is 2.37. The second-order valence-electron chi connectivity index (χ2n) is 4.77. The Balaban J connectivity index is 2.49. The zero-order valence-corrected chi connectivity index (χ0v) is 11.5. The molecule has 1 aromatic carbocycles. The average molecular weight is 270 g/mol. The lowest BCUT2D eigenvalue weighted by atomic mass is 10.0. The highest BCUT2D eigenvalue weighted by Gasteiger charge is 2.21. The molecule has 0 aliphatic heterocycles. The number of hydrogen-bond donors (Lipinski definition) is 1. The van der Waals surface area contributed by atoms with E-state index in [9.17, 15) is 9.90 Å². The molecule has 0 unspecified atom stereocenters. The Morgan fingerprint density at radius 1 is 1.20 bits per heavy atom. The highest BCUT2D eigenvalue weighted by atomic mass is 16.3. The van der Waals surface area contributed by atoms with Gasteiger partial charge in [0.2, 0.25) is 0 Å². The van der Waals surface area contributed by atoms with Gasteiger partial charge < -0.3 is 9.52 Å². The Kier molecular flexibility index (Phi) is 2.64. The van der Waals surface area contributed by atoms with Crippen LogP contribution in [-0.4, -0.2) is 14.9 Å². The number of aromatic hydroxyl groups is 1. The number of nitrogens with zero attached hydrogens (tertiary/aromatic N) is 2. The number of fused-ring (bicyclic) bond motifs is 1. The molecule has 3 rings (SSSR count). The van der Waals surface area contributed by atoms with Crippen LogP contribution in [0, 0.1) is 13.8 Å². The molecule has 2 heterocycles. The van der Waals surface area contributed by atoms with Crippen LogP contribution in [-0.2, 0) is 7.05 Å². The molecule has 5 heteroatoms. The minimum atomic E-state index is -0.345. The number of furan rings is 1. The van der Waals surface area contributed by atoms with E-state index in [0.29, 0.717) is 22.6 Å². The lowest BCUT2D eigenvalue weighted by Crippen LogP contribution is -2.22. The van der Waals surface area contributed by atoms with Crippen molar-refractivity contribution in [1.82, 2.24) is 9.78 Å². The lowest BCUT2D eigenvalue weighted by Gasteiger charge is -2.08. The van der Waals surface area contributed by atoms with Crippen molar-refractivity contribution in [2.75, 3.05) is 0 Å². The number of aryl methyl sites for hydroxylation is 3. The van der Waals surface area contributed by atoms with Gasteiger partial charge in [-0.25, -0.2) is 4.68 Å². The predicted molar refractivity (Wildman–Crippen MR) is 75.8 cm³/mol. The van der Waals surface area contributed by atoms with Gasteiger partial charge in [0.05, 0.1) is 5.56 Å². The molecule has 0 atom stereocenters. The first kappa shape index (κ1) is 12.5.